The fourth-order valence-corrected chi connectivity index (χ4v) is 1.24. The molecule has 0 bridgehead atoms. The number of hydrogen-bond acceptors (Lipinski definition) is 7. The average molecular weight is 268 g/mol. The van der Waals surface area contributed by atoms with E-state index in [0.717, 1.165) is 0 Å². The zero-order valence-corrected chi connectivity index (χ0v) is 9.89. The maximum atomic E-state index is 11.0. The lowest BCUT2D eigenvalue weighted by Gasteiger charge is -2.27. The minimum atomic E-state index is -2.02. The summed E-state index contributed by atoms with van der Waals surface area (Å²) in [5.74, 6) is -4.31. The van der Waals surface area contributed by atoms with Gasteiger partial charge in [-0.05, 0) is 0 Å². The van der Waals surface area contributed by atoms with Crippen LogP contribution in [0.3, 0.4) is 0 Å². The van der Waals surface area contributed by atoms with Crippen LogP contribution in [0.1, 0.15) is 12.8 Å². The number of carboxylic acid groups (broad SMARTS) is 3. The smallest absolute Gasteiger partial charge is 0.325 e. The molecule has 0 saturated heterocycles. The highest BCUT2D eigenvalue weighted by Crippen LogP contribution is 2.16. The Hall–Kier alpha value is -1.75. The van der Waals surface area contributed by atoms with Crippen LogP contribution >= 0.6 is 0 Å². The summed E-state index contributed by atoms with van der Waals surface area (Å²) in [6.45, 7) is 0.0983. The Bertz CT molecular complexity index is 279. The molecule has 0 saturated carbocycles. The molecular weight excluding hydrogens is 248 g/mol. The van der Waals surface area contributed by atoms with Crippen molar-refractivity contribution in [2.45, 2.75) is 18.4 Å². The highest BCUT2D eigenvalue weighted by Gasteiger charge is 2.42. The molecule has 0 aliphatic heterocycles. The first kappa shape index (κ1) is 21.5. The van der Waals surface area contributed by atoms with Gasteiger partial charge in [0, 0.05) is 13.1 Å². The van der Waals surface area contributed by atoms with Crippen LogP contribution in [0.25, 0.3) is 0 Å². The molecule has 10 nitrogen and oxygen atoms in total. The summed E-state index contributed by atoms with van der Waals surface area (Å²) < 4.78 is 0. The minimum Gasteiger partial charge on any atom is -0.481 e. The van der Waals surface area contributed by atoms with Crippen molar-refractivity contribution in [1.29, 1.82) is 0 Å². The summed E-state index contributed by atoms with van der Waals surface area (Å²) in [4.78, 5) is 32.0. The lowest BCUT2D eigenvalue weighted by Crippen LogP contribution is -2.56. The zero-order valence-electron chi connectivity index (χ0n) is 9.89. The summed E-state index contributed by atoms with van der Waals surface area (Å²) in [5.41, 5.74) is 3.13. The molecule has 12 N–H and O–H groups in total. The second-order valence-electron chi connectivity index (χ2n) is 3.24. The average Bonchev–Trinajstić information content (AvgIpc) is 2.11. The highest BCUT2D eigenvalue weighted by atomic mass is 16.4. The van der Waals surface area contributed by atoms with Crippen molar-refractivity contribution in [1.82, 2.24) is 17.6 Å². The topological polar surface area (TPSA) is 220 Å². The van der Waals surface area contributed by atoms with Gasteiger partial charge in [0.2, 0.25) is 0 Å². The summed E-state index contributed by atoms with van der Waals surface area (Å²) >= 11 is 0. The fraction of sp³-hybridized carbons (Fsp3) is 0.625. The van der Waals surface area contributed by atoms with Gasteiger partial charge in [-0.3, -0.25) is 19.7 Å². The lowest BCUT2D eigenvalue weighted by atomic mass is 9.91. The van der Waals surface area contributed by atoms with Crippen molar-refractivity contribution in [3.63, 3.8) is 0 Å². The lowest BCUT2D eigenvalue weighted by molar-refractivity contribution is -0.155. The van der Waals surface area contributed by atoms with Gasteiger partial charge in [0.15, 0.2) is 0 Å². The summed E-state index contributed by atoms with van der Waals surface area (Å²) in [6, 6.07) is 0. The molecule has 0 aliphatic carbocycles. The SMILES string of the molecule is N.N.NCCNC(CC(=O)O)(CC(=O)O)C(=O)O. The Morgan fingerprint density at radius 2 is 1.39 bits per heavy atom. The van der Waals surface area contributed by atoms with Gasteiger partial charge in [0.1, 0.15) is 5.54 Å². The van der Waals surface area contributed by atoms with Gasteiger partial charge in [-0.15, -0.1) is 0 Å². The monoisotopic (exact) mass is 268 g/mol. The Morgan fingerprint density at radius 1 is 1.00 bits per heavy atom. The summed E-state index contributed by atoms with van der Waals surface area (Å²) in [5, 5.41) is 28.4. The minimum absolute atomic E-state index is 0. The predicted octanol–water partition coefficient (Wildman–Crippen LogP) is -1.37. The first-order chi connectivity index (χ1) is 7.34. The molecule has 0 unspecified atom stereocenters. The quantitative estimate of drug-likeness (QED) is 0.273. The summed E-state index contributed by atoms with van der Waals surface area (Å²) in [7, 11) is 0. The number of hydrogen-bond donors (Lipinski definition) is 7. The maximum Gasteiger partial charge on any atom is 0.325 e. The van der Waals surface area contributed by atoms with Crippen molar-refractivity contribution in [3.8, 4) is 0 Å². The molecule has 0 radical (unpaired) electrons. The number of nitrogens with two attached hydrogens (primary N) is 1. The van der Waals surface area contributed by atoms with E-state index in [1.54, 1.807) is 0 Å². The Kier molecular flexibility index (Phi) is 11.1. The molecule has 0 spiro atoms. The van der Waals surface area contributed by atoms with Crippen molar-refractivity contribution in [2.75, 3.05) is 13.1 Å². The van der Waals surface area contributed by atoms with Crippen LogP contribution in [0.5, 0.6) is 0 Å². The zero-order chi connectivity index (χ0) is 12.8. The molecule has 108 valence electrons. The van der Waals surface area contributed by atoms with Gasteiger partial charge < -0.3 is 33.4 Å². The number of nitrogens with one attached hydrogen (secondary N) is 1. The molecule has 0 amide bonds. The molecule has 0 aromatic carbocycles. The van der Waals surface area contributed by atoms with Gasteiger partial charge in [-0.1, -0.05) is 0 Å². The third-order valence-corrected chi connectivity index (χ3v) is 1.92. The highest BCUT2D eigenvalue weighted by molar-refractivity contribution is 5.89. The van der Waals surface area contributed by atoms with Crippen molar-refractivity contribution in [3.05, 3.63) is 0 Å². The van der Waals surface area contributed by atoms with Gasteiger partial charge in [0.05, 0.1) is 12.8 Å². The number of rotatable bonds is 8. The van der Waals surface area contributed by atoms with Gasteiger partial charge in [-0.25, -0.2) is 0 Å². The van der Waals surface area contributed by atoms with Crippen molar-refractivity contribution < 1.29 is 29.7 Å². The van der Waals surface area contributed by atoms with Gasteiger partial charge in [0.25, 0.3) is 0 Å². The van der Waals surface area contributed by atoms with E-state index in [-0.39, 0.29) is 25.4 Å². The van der Waals surface area contributed by atoms with Crippen LogP contribution in [-0.2, 0) is 14.4 Å². The van der Waals surface area contributed by atoms with Crippen LogP contribution < -0.4 is 23.4 Å². The van der Waals surface area contributed by atoms with Crippen molar-refractivity contribution >= 4 is 17.9 Å². The van der Waals surface area contributed by atoms with Crippen LogP contribution in [0.15, 0.2) is 0 Å². The Labute approximate surface area is 103 Å². The van der Waals surface area contributed by atoms with E-state index in [1.807, 2.05) is 0 Å². The predicted molar refractivity (Wildman–Crippen MR) is 62.0 cm³/mol. The second-order valence-corrected chi connectivity index (χ2v) is 3.24. The molecule has 0 rings (SSSR count). The standard InChI is InChI=1S/C8H14N2O6.2H3N/c9-1-2-10-8(7(15)16,3-5(11)12)4-6(13)14;;/h10H,1-4,9H2,(H,11,12)(H,13,14)(H,15,16);2*1H3. The molecule has 0 aromatic rings. The molecule has 18 heavy (non-hydrogen) atoms. The van der Waals surface area contributed by atoms with E-state index >= 15 is 0 Å². The van der Waals surface area contributed by atoms with Crippen LogP contribution in [0.4, 0.5) is 0 Å². The van der Waals surface area contributed by atoms with E-state index in [0.29, 0.717) is 0 Å². The number of carbonyl (C=O) groups is 3. The maximum absolute atomic E-state index is 11.0. The number of aliphatic carboxylic acids is 3. The van der Waals surface area contributed by atoms with E-state index < -0.39 is 36.3 Å². The molecule has 0 heterocycles. The van der Waals surface area contributed by atoms with E-state index in [2.05, 4.69) is 5.32 Å². The molecule has 0 atom stereocenters. The van der Waals surface area contributed by atoms with E-state index in [4.69, 9.17) is 21.1 Å². The van der Waals surface area contributed by atoms with E-state index in [9.17, 15) is 14.4 Å². The largest absolute Gasteiger partial charge is 0.481 e. The van der Waals surface area contributed by atoms with Crippen LogP contribution in [-0.4, -0.2) is 51.9 Å². The normalized spacial score (nSPS) is 9.83. The van der Waals surface area contributed by atoms with E-state index in [1.165, 1.54) is 0 Å². The first-order valence-electron chi connectivity index (χ1n) is 4.46. The molecular formula is C8H20N4O6. The fourth-order valence-electron chi connectivity index (χ4n) is 1.24. The Morgan fingerprint density at radius 3 is 1.61 bits per heavy atom. The molecule has 10 heteroatoms. The van der Waals surface area contributed by atoms with Crippen molar-refractivity contribution in [2.24, 2.45) is 5.73 Å². The van der Waals surface area contributed by atoms with Crippen LogP contribution in [0.2, 0.25) is 0 Å². The second kappa shape index (κ2) is 9.30. The third kappa shape index (κ3) is 6.75. The van der Waals surface area contributed by atoms with Crippen LogP contribution in [0, 0.1) is 0 Å². The third-order valence-electron chi connectivity index (χ3n) is 1.92. The molecule has 0 fully saturated rings. The molecule has 0 aromatic heterocycles. The van der Waals surface area contributed by atoms with Gasteiger partial charge >= 0.3 is 17.9 Å². The summed E-state index contributed by atoms with van der Waals surface area (Å²) in [6.07, 6.45) is -1.65. The number of carboxylic acids is 3. The Balaban J connectivity index is -0.00000112. The van der Waals surface area contributed by atoms with Gasteiger partial charge in [-0.2, -0.15) is 0 Å². The molecule has 0 aliphatic rings. The first-order valence-corrected chi connectivity index (χ1v) is 4.46.